The summed E-state index contributed by atoms with van der Waals surface area (Å²) in [7, 11) is 3.28. The Labute approximate surface area is 122 Å². The van der Waals surface area contributed by atoms with Crippen LogP contribution in [0.15, 0.2) is 35.9 Å². The van der Waals surface area contributed by atoms with E-state index in [0.717, 1.165) is 18.1 Å². The Hall–Kier alpha value is -1.54. The average Bonchev–Trinajstić information content (AvgIpc) is 3.33. The van der Waals surface area contributed by atoms with Crippen LogP contribution in [0, 0.1) is 0 Å². The number of hydrogen-bond acceptors (Lipinski definition) is 2. The molecule has 0 heterocycles. The van der Waals surface area contributed by atoms with Crippen molar-refractivity contribution in [2.75, 3.05) is 14.2 Å². The predicted molar refractivity (Wildman–Crippen MR) is 86.0 cm³/mol. The molecule has 2 aliphatic rings. The number of hydrogen-bond donors (Lipinski definition) is 1. The molecule has 3 rings (SSSR count). The van der Waals surface area contributed by atoms with Crippen molar-refractivity contribution >= 4 is 5.57 Å². The molecule has 0 amide bonds. The van der Waals surface area contributed by atoms with Crippen LogP contribution < -0.4 is 10.5 Å². The van der Waals surface area contributed by atoms with Gasteiger partial charge in [0.05, 0.1) is 7.11 Å². The van der Waals surface area contributed by atoms with Crippen molar-refractivity contribution in [1.82, 2.24) is 0 Å². The smallest absolute Gasteiger partial charge is 0.122 e. The molecule has 0 bridgehead atoms. The van der Waals surface area contributed by atoms with E-state index in [1.165, 1.54) is 48.6 Å². The molecule has 0 spiro atoms. The van der Waals surface area contributed by atoms with Crippen LogP contribution in [0.3, 0.4) is 0 Å². The molecule has 2 heteroatoms. The third kappa shape index (κ3) is 3.31. The van der Waals surface area contributed by atoms with Crippen molar-refractivity contribution < 1.29 is 4.74 Å². The van der Waals surface area contributed by atoms with E-state index >= 15 is 0 Å². The van der Waals surface area contributed by atoms with E-state index in [-0.39, 0.29) is 0 Å². The maximum atomic E-state index is 5.56. The van der Waals surface area contributed by atoms with Crippen LogP contribution in [0.1, 0.15) is 49.7 Å². The van der Waals surface area contributed by atoms with Gasteiger partial charge in [0.15, 0.2) is 0 Å². The second-order valence-electron chi connectivity index (χ2n) is 5.42. The van der Waals surface area contributed by atoms with Gasteiger partial charge in [-0.2, -0.15) is 0 Å². The predicted octanol–water partition coefficient (Wildman–Crippen LogP) is 4.27. The fraction of sp³-hybridized carbons (Fsp3) is 0.444. The average molecular weight is 271 g/mol. The van der Waals surface area contributed by atoms with Crippen LogP contribution >= 0.6 is 0 Å². The molecule has 0 aliphatic heterocycles. The highest BCUT2D eigenvalue weighted by atomic mass is 16.5. The van der Waals surface area contributed by atoms with Gasteiger partial charge in [-0.25, -0.2) is 0 Å². The minimum absolute atomic E-state index is 0.742. The minimum Gasteiger partial charge on any atom is -0.496 e. The Balaban J connectivity index is 0.000000704. The molecule has 0 unspecified atom stereocenters. The van der Waals surface area contributed by atoms with Crippen LogP contribution in [0.4, 0.5) is 0 Å². The summed E-state index contributed by atoms with van der Waals surface area (Å²) in [4.78, 5) is 0. The Kier molecular flexibility index (Phi) is 5.02. The quantitative estimate of drug-likeness (QED) is 0.891. The molecule has 2 nitrogen and oxygen atoms in total. The Morgan fingerprint density at radius 3 is 2.55 bits per heavy atom. The molecule has 0 atom stereocenters. The van der Waals surface area contributed by atoms with Crippen LogP contribution in [0.25, 0.3) is 5.57 Å². The summed E-state index contributed by atoms with van der Waals surface area (Å²) in [6, 6.07) is 6.70. The number of methoxy groups -OCH3 is 1. The van der Waals surface area contributed by atoms with E-state index in [0.29, 0.717) is 0 Å². The Morgan fingerprint density at radius 1 is 1.20 bits per heavy atom. The second-order valence-corrected chi connectivity index (χ2v) is 5.42. The van der Waals surface area contributed by atoms with Gasteiger partial charge in [-0.05, 0) is 68.3 Å². The van der Waals surface area contributed by atoms with E-state index in [1.54, 1.807) is 7.11 Å². The van der Waals surface area contributed by atoms with Crippen LogP contribution in [0.5, 0.6) is 5.75 Å². The summed E-state index contributed by atoms with van der Waals surface area (Å²) in [5.41, 5.74) is 9.99. The Morgan fingerprint density at radius 2 is 1.95 bits per heavy atom. The highest BCUT2D eigenvalue weighted by Crippen LogP contribution is 2.45. The molecule has 1 aromatic carbocycles. The van der Waals surface area contributed by atoms with Gasteiger partial charge < -0.3 is 10.5 Å². The molecule has 2 N–H and O–H groups in total. The van der Waals surface area contributed by atoms with Crippen molar-refractivity contribution in [3.8, 4) is 5.75 Å². The third-order valence-electron chi connectivity index (χ3n) is 3.89. The summed E-state index contributed by atoms with van der Waals surface area (Å²) in [6.45, 7) is 2.21. The topological polar surface area (TPSA) is 35.2 Å². The van der Waals surface area contributed by atoms with E-state index in [4.69, 9.17) is 4.74 Å². The van der Waals surface area contributed by atoms with Gasteiger partial charge in [-0.1, -0.05) is 29.9 Å². The summed E-state index contributed by atoms with van der Waals surface area (Å²) >= 11 is 0. The van der Waals surface area contributed by atoms with Crippen molar-refractivity contribution in [2.24, 2.45) is 5.73 Å². The number of nitrogens with two attached hydrogens (primary N) is 1. The fourth-order valence-electron chi connectivity index (χ4n) is 2.68. The van der Waals surface area contributed by atoms with Gasteiger partial charge in [-0.3, -0.25) is 0 Å². The molecular formula is C18H25NO. The first-order chi connectivity index (χ1) is 9.78. The highest BCUT2D eigenvalue weighted by molar-refractivity contribution is 5.76. The van der Waals surface area contributed by atoms with E-state index in [2.05, 4.69) is 43.0 Å². The molecule has 1 fully saturated rings. The SMILES string of the molecule is CN.COc1cc(C2=CCCC(C)=C2)ccc1C1CC1. The number of benzene rings is 1. The molecule has 20 heavy (non-hydrogen) atoms. The Bertz CT molecular complexity index is 524. The van der Waals surface area contributed by atoms with Crippen molar-refractivity contribution in [2.45, 2.75) is 38.5 Å². The number of rotatable bonds is 3. The first-order valence-corrected chi connectivity index (χ1v) is 7.41. The molecule has 0 radical (unpaired) electrons. The second kappa shape index (κ2) is 6.76. The maximum Gasteiger partial charge on any atom is 0.122 e. The maximum absolute atomic E-state index is 5.56. The summed E-state index contributed by atoms with van der Waals surface area (Å²) in [5, 5.41) is 0. The van der Waals surface area contributed by atoms with Gasteiger partial charge >= 0.3 is 0 Å². The molecule has 108 valence electrons. The normalized spacial score (nSPS) is 17.6. The number of ether oxygens (including phenoxy) is 1. The van der Waals surface area contributed by atoms with Crippen molar-refractivity contribution in [3.63, 3.8) is 0 Å². The fourth-order valence-corrected chi connectivity index (χ4v) is 2.68. The van der Waals surface area contributed by atoms with Gasteiger partial charge in [0.25, 0.3) is 0 Å². The number of allylic oxidation sites excluding steroid dienone is 4. The van der Waals surface area contributed by atoms with Crippen LogP contribution in [0.2, 0.25) is 0 Å². The molecule has 0 saturated heterocycles. The third-order valence-corrected chi connectivity index (χ3v) is 3.89. The zero-order valence-electron chi connectivity index (χ0n) is 12.8. The van der Waals surface area contributed by atoms with Gasteiger partial charge in [-0.15, -0.1) is 0 Å². The largest absolute Gasteiger partial charge is 0.496 e. The van der Waals surface area contributed by atoms with Crippen LogP contribution in [-0.2, 0) is 0 Å². The molecule has 1 saturated carbocycles. The lowest BCUT2D eigenvalue weighted by atomic mass is 9.94. The van der Waals surface area contributed by atoms with E-state index in [1.807, 2.05) is 0 Å². The molecule has 2 aliphatic carbocycles. The zero-order valence-corrected chi connectivity index (χ0v) is 12.8. The summed E-state index contributed by atoms with van der Waals surface area (Å²) in [6.07, 6.45) is 9.62. The first-order valence-electron chi connectivity index (χ1n) is 7.41. The molecule has 0 aromatic heterocycles. The molecule has 1 aromatic rings. The van der Waals surface area contributed by atoms with Gasteiger partial charge in [0.2, 0.25) is 0 Å². The monoisotopic (exact) mass is 271 g/mol. The summed E-state index contributed by atoms with van der Waals surface area (Å²) < 4.78 is 5.56. The van der Waals surface area contributed by atoms with Gasteiger partial charge in [0, 0.05) is 0 Å². The van der Waals surface area contributed by atoms with E-state index in [9.17, 15) is 0 Å². The molecular weight excluding hydrogens is 246 g/mol. The lowest BCUT2D eigenvalue weighted by Gasteiger charge is -2.14. The highest BCUT2D eigenvalue weighted by Gasteiger charge is 2.26. The minimum atomic E-state index is 0.742. The lowest BCUT2D eigenvalue weighted by molar-refractivity contribution is 0.409. The zero-order chi connectivity index (χ0) is 14.5. The van der Waals surface area contributed by atoms with Crippen molar-refractivity contribution in [3.05, 3.63) is 47.1 Å². The van der Waals surface area contributed by atoms with Gasteiger partial charge in [0.1, 0.15) is 5.75 Å². The standard InChI is InChI=1S/C17H20O.CH5N/c1-12-4-3-5-14(10-12)15-8-9-16(13-6-7-13)17(11-15)18-2;1-2/h5,8-11,13H,3-4,6-7H2,1-2H3;2H2,1H3. The van der Waals surface area contributed by atoms with Crippen molar-refractivity contribution in [1.29, 1.82) is 0 Å². The lowest BCUT2D eigenvalue weighted by Crippen LogP contribution is -1.94. The van der Waals surface area contributed by atoms with E-state index < -0.39 is 0 Å². The summed E-state index contributed by atoms with van der Waals surface area (Å²) in [5.74, 6) is 1.80. The first kappa shape index (κ1) is 14.9. The van der Waals surface area contributed by atoms with Crippen LogP contribution in [-0.4, -0.2) is 14.2 Å².